The lowest BCUT2D eigenvalue weighted by Crippen LogP contribution is -2.40. The lowest BCUT2D eigenvalue weighted by molar-refractivity contribution is 0.141. The summed E-state index contributed by atoms with van der Waals surface area (Å²) in [5.41, 5.74) is 5.40. The van der Waals surface area contributed by atoms with E-state index < -0.39 is 0 Å². The minimum absolute atomic E-state index is 0.527. The molecule has 2 aliphatic carbocycles. The summed E-state index contributed by atoms with van der Waals surface area (Å²) in [6.45, 7) is 8.72. The normalized spacial score (nSPS) is 26.4. The highest BCUT2D eigenvalue weighted by Crippen LogP contribution is 2.43. The van der Waals surface area contributed by atoms with Crippen molar-refractivity contribution in [2.45, 2.75) is 57.4 Å². The third-order valence-corrected chi connectivity index (χ3v) is 10.2. The summed E-state index contributed by atoms with van der Waals surface area (Å²) < 4.78 is 13.1. The molecule has 2 aliphatic heterocycles. The van der Waals surface area contributed by atoms with Gasteiger partial charge in [0.25, 0.3) is 0 Å². The monoisotopic (exact) mass is 529 g/mol. The van der Waals surface area contributed by atoms with Crippen LogP contribution in [0, 0.1) is 24.7 Å². The molecular weight excluding hydrogens is 486 g/mol. The molecule has 7 nitrogen and oxygen atoms in total. The largest absolute Gasteiger partial charge is 0.493 e. The summed E-state index contributed by atoms with van der Waals surface area (Å²) in [6.07, 6.45) is 8.21. The lowest BCUT2D eigenvalue weighted by Gasteiger charge is -2.36. The molecule has 0 spiro atoms. The van der Waals surface area contributed by atoms with E-state index >= 15 is 0 Å². The number of aryl methyl sites for hydroxylation is 2. The fraction of sp³-hybridized carbons (Fsp3) is 0.625. The highest BCUT2D eigenvalue weighted by molar-refractivity contribution is 5.81. The number of hydrogen-bond acceptors (Lipinski definition) is 6. The van der Waals surface area contributed by atoms with Crippen LogP contribution in [0.2, 0.25) is 0 Å². The molecule has 7 heteroatoms. The van der Waals surface area contributed by atoms with E-state index in [0.29, 0.717) is 11.7 Å². The zero-order chi connectivity index (χ0) is 26.7. The van der Waals surface area contributed by atoms with Crippen molar-refractivity contribution >= 4 is 11.2 Å². The van der Waals surface area contributed by atoms with E-state index in [1.165, 1.54) is 82.5 Å². The van der Waals surface area contributed by atoms with Gasteiger partial charge in [-0.2, -0.15) is 0 Å². The number of benzene rings is 1. The van der Waals surface area contributed by atoms with Crippen LogP contribution in [-0.4, -0.2) is 77.3 Å². The van der Waals surface area contributed by atoms with Crippen LogP contribution in [0.3, 0.4) is 0 Å². The first kappa shape index (κ1) is 25.3. The summed E-state index contributed by atoms with van der Waals surface area (Å²) in [7, 11) is 5.40. The molecule has 4 fully saturated rings. The average molecular weight is 530 g/mol. The van der Waals surface area contributed by atoms with E-state index in [-0.39, 0.29) is 0 Å². The van der Waals surface area contributed by atoms with Gasteiger partial charge in [0.1, 0.15) is 11.3 Å². The van der Waals surface area contributed by atoms with Gasteiger partial charge in [-0.05, 0) is 106 Å². The van der Waals surface area contributed by atoms with Crippen molar-refractivity contribution in [3.8, 4) is 22.9 Å². The molecular formula is C32H43N5O2. The van der Waals surface area contributed by atoms with Crippen LogP contribution in [0.1, 0.15) is 55.7 Å². The van der Waals surface area contributed by atoms with Gasteiger partial charge in [0.15, 0.2) is 17.1 Å². The molecule has 0 radical (unpaired) electrons. The molecule has 4 aliphatic rings. The first-order valence-corrected chi connectivity index (χ1v) is 15.0. The summed E-state index contributed by atoms with van der Waals surface area (Å²) >= 11 is 0. The van der Waals surface area contributed by atoms with E-state index in [9.17, 15) is 0 Å². The van der Waals surface area contributed by atoms with Gasteiger partial charge in [-0.15, -0.1) is 0 Å². The number of aromatic nitrogens is 3. The molecule has 2 aromatic heterocycles. The van der Waals surface area contributed by atoms with Crippen molar-refractivity contribution in [2.24, 2.45) is 24.8 Å². The molecule has 7 rings (SSSR count). The Balaban J connectivity index is 1.03. The predicted octanol–water partition coefficient (Wildman–Crippen LogP) is 5.26. The van der Waals surface area contributed by atoms with Crippen LogP contribution in [0.4, 0.5) is 0 Å². The number of fused-ring (bicyclic) bond motifs is 2. The van der Waals surface area contributed by atoms with Gasteiger partial charge in [-0.25, -0.2) is 9.97 Å². The van der Waals surface area contributed by atoms with Gasteiger partial charge in [-0.1, -0.05) is 0 Å². The standard InChI is InChI=1S/C32H43N5O2/c1-20-13-27(33-32-30(20)34-31(35(32)2)23-7-8-28(38-3)29(16-23)39-4)22-9-11-37(12-10-22)26-14-24-18-36(17-21-5-6-21)19-25(24)15-26/h7-8,13,16,21-22,24-26H,5-6,9-12,14-15,17-19H2,1-4H3. The maximum absolute atomic E-state index is 5.54. The van der Waals surface area contributed by atoms with Gasteiger partial charge < -0.3 is 23.8 Å². The molecule has 2 saturated heterocycles. The Morgan fingerprint density at radius 1 is 0.897 bits per heavy atom. The van der Waals surface area contributed by atoms with Gasteiger partial charge in [0.05, 0.1) is 14.2 Å². The maximum Gasteiger partial charge on any atom is 0.161 e. The molecule has 2 saturated carbocycles. The number of pyridine rings is 1. The Morgan fingerprint density at radius 2 is 1.62 bits per heavy atom. The quantitative estimate of drug-likeness (QED) is 0.416. The number of methoxy groups -OCH3 is 2. The lowest BCUT2D eigenvalue weighted by atomic mass is 9.91. The van der Waals surface area contributed by atoms with E-state index in [1.54, 1.807) is 14.2 Å². The minimum atomic E-state index is 0.527. The summed E-state index contributed by atoms with van der Waals surface area (Å²) in [5, 5.41) is 0. The Bertz CT molecular complexity index is 1340. The summed E-state index contributed by atoms with van der Waals surface area (Å²) in [4.78, 5) is 15.8. The second-order valence-electron chi connectivity index (χ2n) is 12.7. The number of piperidine rings is 1. The highest BCUT2D eigenvalue weighted by Gasteiger charge is 2.44. The number of nitrogens with zero attached hydrogens (tertiary/aromatic N) is 5. The first-order valence-electron chi connectivity index (χ1n) is 15.0. The molecule has 2 unspecified atom stereocenters. The van der Waals surface area contributed by atoms with Crippen LogP contribution < -0.4 is 9.47 Å². The van der Waals surface area contributed by atoms with Crippen LogP contribution >= 0.6 is 0 Å². The molecule has 1 aromatic carbocycles. The van der Waals surface area contributed by atoms with Crippen molar-refractivity contribution in [2.75, 3.05) is 46.9 Å². The number of likely N-dealkylation sites (tertiary alicyclic amines) is 2. The minimum Gasteiger partial charge on any atom is -0.493 e. The highest BCUT2D eigenvalue weighted by atomic mass is 16.5. The second-order valence-corrected chi connectivity index (χ2v) is 12.7. The van der Waals surface area contributed by atoms with Crippen molar-refractivity contribution in [1.82, 2.24) is 24.3 Å². The fourth-order valence-electron chi connectivity index (χ4n) is 7.81. The van der Waals surface area contributed by atoms with Crippen LogP contribution in [0.15, 0.2) is 24.3 Å². The smallest absolute Gasteiger partial charge is 0.161 e. The van der Waals surface area contributed by atoms with Gasteiger partial charge in [0.2, 0.25) is 0 Å². The Kier molecular flexibility index (Phi) is 6.55. The maximum atomic E-state index is 5.54. The number of ether oxygens (including phenoxy) is 2. The third-order valence-electron chi connectivity index (χ3n) is 10.2. The Labute approximate surface area is 232 Å². The van der Waals surface area contributed by atoms with Gasteiger partial charge in [0, 0.05) is 49.9 Å². The summed E-state index contributed by atoms with van der Waals surface area (Å²) in [6, 6.07) is 9.07. The Hall–Kier alpha value is -2.64. The molecule has 2 atom stereocenters. The Morgan fingerprint density at radius 3 is 2.28 bits per heavy atom. The molecule has 208 valence electrons. The average Bonchev–Trinajstić information content (AvgIpc) is 3.41. The number of imidazole rings is 1. The van der Waals surface area contributed by atoms with E-state index in [1.807, 2.05) is 18.2 Å². The number of rotatable bonds is 7. The van der Waals surface area contributed by atoms with Crippen molar-refractivity contribution in [3.05, 3.63) is 35.5 Å². The topological polar surface area (TPSA) is 55.7 Å². The zero-order valence-corrected chi connectivity index (χ0v) is 24.0. The van der Waals surface area contributed by atoms with Gasteiger partial charge in [-0.3, -0.25) is 0 Å². The molecule has 4 heterocycles. The van der Waals surface area contributed by atoms with Crippen molar-refractivity contribution in [3.63, 3.8) is 0 Å². The zero-order valence-electron chi connectivity index (χ0n) is 24.0. The third kappa shape index (κ3) is 4.71. The molecule has 0 bridgehead atoms. The molecule has 39 heavy (non-hydrogen) atoms. The van der Waals surface area contributed by atoms with Crippen LogP contribution in [0.25, 0.3) is 22.6 Å². The van der Waals surface area contributed by atoms with Crippen LogP contribution in [0.5, 0.6) is 11.5 Å². The molecule has 0 amide bonds. The van der Waals surface area contributed by atoms with E-state index in [2.05, 4.69) is 34.4 Å². The summed E-state index contributed by atoms with van der Waals surface area (Å²) in [5.74, 6) is 5.78. The second kappa shape index (κ2) is 10.1. The number of hydrogen-bond donors (Lipinski definition) is 0. The van der Waals surface area contributed by atoms with Crippen molar-refractivity contribution < 1.29 is 9.47 Å². The van der Waals surface area contributed by atoms with Crippen LogP contribution in [-0.2, 0) is 7.05 Å². The van der Waals surface area contributed by atoms with E-state index in [0.717, 1.165) is 52.1 Å². The predicted molar refractivity (Wildman–Crippen MR) is 154 cm³/mol. The van der Waals surface area contributed by atoms with Gasteiger partial charge >= 0.3 is 0 Å². The molecule has 3 aromatic rings. The molecule has 0 N–H and O–H groups in total. The fourth-order valence-corrected chi connectivity index (χ4v) is 7.81. The van der Waals surface area contributed by atoms with E-state index in [4.69, 9.17) is 19.4 Å². The van der Waals surface area contributed by atoms with Crippen molar-refractivity contribution in [1.29, 1.82) is 0 Å². The first-order chi connectivity index (χ1) is 19.0. The SMILES string of the molecule is COc1ccc(-c2nc3c(C)cc(C4CCN(C5CC6CN(CC7CC7)CC6C5)CC4)nc3n2C)cc1OC.